The van der Waals surface area contributed by atoms with Crippen LogP contribution in [0.25, 0.3) is 0 Å². The second kappa shape index (κ2) is 30.7. The van der Waals surface area contributed by atoms with E-state index in [9.17, 15) is 19.2 Å². The van der Waals surface area contributed by atoms with Crippen molar-refractivity contribution in [1.29, 1.82) is 0 Å². The average Bonchev–Trinajstić information content (AvgIpc) is 2.88. The third-order valence-corrected chi connectivity index (χ3v) is 13.0. The van der Waals surface area contributed by atoms with E-state index < -0.39 is 0 Å². The summed E-state index contributed by atoms with van der Waals surface area (Å²) in [4.78, 5) is 47.3. The topological polar surface area (TPSA) is 109 Å². The van der Waals surface area contributed by atoms with Crippen LogP contribution in [0.4, 0.5) is 0 Å². The lowest BCUT2D eigenvalue weighted by atomic mass is 10.5. The van der Waals surface area contributed by atoms with E-state index in [1.807, 2.05) is 0 Å². The van der Waals surface area contributed by atoms with Crippen LogP contribution in [0.1, 0.15) is 25.7 Å². The molecular formula is C22H38O6S9. The van der Waals surface area contributed by atoms with Gasteiger partial charge in [-0.1, -0.05) is 47.0 Å². The molecule has 0 aliphatic rings. The summed E-state index contributed by atoms with van der Waals surface area (Å²) in [7, 11) is 0. The zero-order chi connectivity index (χ0) is 27.4. The lowest BCUT2D eigenvalue weighted by Crippen LogP contribution is -2.01. The summed E-state index contributed by atoms with van der Waals surface area (Å²) in [6.45, 7) is 0. The number of aliphatic hydroxyl groups excluding tert-OH is 2. The highest BCUT2D eigenvalue weighted by Gasteiger charge is 2.07. The van der Waals surface area contributed by atoms with Crippen molar-refractivity contribution in [2.24, 2.45) is 0 Å². The molecule has 0 aromatic heterocycles. The van der Waals surface area contributed by atoms with Gasteiger partial charge in [-0.05, 0) is 0 Å². The monoisotopic (exact) mass is 686 g/mol. The molecule has 0 atom stereocenters. The van der Waals surface area contributed by atoms with E-state index in [1.165, 1.54) is 70.6 Å². The predicted octanol–water partition coefficient (Wildman–Crippen LogP) is 5.15. The van der Waals surface area contributed by atoms with Gasteiger partial charge in [0, 0.05) is 94.7 Å². The van der Waals surface area contributed by atoms with Crippen LogP contribution < -0.4 is 0 Å². The van der Waals surface area contributed by atoms with Gasteiger partial charge < -0.3 is 10.2 Å². The van der Waals surface area contributed by atoms with Gasteiger partial charge in [-0.2, -0.15) is 35.3 Å². The van der Waals surface area contributed by atoms with Crippen molar-refractivity contribution in [1.82, 2.24) is 0 Å². The van der Waals surface area contributed by atoms with Crippen LogP contribution >= 0.6 is 106 Å². The molecule has 0 amide bonds. The van der Waals surface area contributed by atoms with Crippen LogP contribution in [0, 0.1) is 0 Å². The largest absolute Gasteiger partial charge is 0.386 e. The zero-order valence-electron chi connectivity index (χ0n) is 20.9. The van der Waals surface area contributed by atoms with Gasteiger partial charge in [0.25, 0.3) is 0 Å². The summed E-state index contributed by atoms with van der Waals surface area (Å²) < 4.78 is 0. The van der Waals surface area contributed by atoms with Gasteiger partial charge >= 0.3 is 0 Å². The highest BCUT2D eigenvalue weighted by atomic mass is 32.2. The minimum Gasteiger partial charge on any atom is -0.386 e. The van der Waals surface area contributed by atoms with Gasteiger partial charge in [0.1, 0.15) is 0 Å². The van der Waals surface area contributed by atoms with Crippen LogP contribution in [0.5, 0.6) is 0 Å². The number of carbonyl (C=O) groups excluding carboxylic acids is 4. The molecule has 0 aliphatic heterocycles. The maximum absolute atomic E-state index is 11.9. The molecule has 0 radical (unpaired) electrons. The summed E-state index contributed by atoms with van der Waals surface area (Å²) in [6, 6.07) is 0. The van der Waals surface area contributed by atoms with E-state index in [1.54, 1.807) is 35.3 Å². The Morgan fingerprint density at radius 3 is 0.865 bits per heavy atom. The Hall–Kier alpha value is 1.75. The quantitative estimate of drug-likeness (QED) is 0.0924. The molecule has 6 nitrogen and oxygen atoms in total. The molecule has 37 heavy (non-hydrogen) atoms. The van der Waals surface area contributed by atoms with Gasteiger partial charge in [0.2, 0.25) is 0 Å². The first-order valence-electron chi connectivity index (χ1n) is 11.7. The average molecular weight is 687 g/mol. The summed E-state index contributed by atoms with van der Waals surface area (Å²) in [5.41, 5.74) is 0. The molecule has 0 saturated heterocycles. The number of thioether (sulfide) groups is 9. The fourth-order valence-corrected chi connectivity index (χ4v) is 10.0. The Morgan fingerprint density at radius 1 is 0.351 bits per heavy atom. The number of rotatable bonds is 26. The SMILES string of the molecule is O=C(CCSCCC(=O)SCCSCCSC(=O)CCSCCC(=O)SCCSCO)SCCSCO. The molecule has 0 rings (SSSR count). The van der Waals surface area contributed by atoms with Crippen LogP contribution in [0.3, 0.4) is 0 Å². The maximum Gasteiger partial charge on any atom is 0.189 e. The molecule has 0 aliphatic carbocycles. The second-order valence-corrected chi connectivity index (χ2v) is 17.2. The highest BCUT2D eigenvalue weighted by Crippen LogP contribution is 2.18. The predicted molar refractivity (Wildman–Crippen MR) is 179 cm³/mol. The smallest absolute Gasteiger partial charge is 0.189 e. The molecule has 0 heterocycles. The Labute approximate surface area is 260 Å². The molecule has 0 saturated carbocycles. The standard InChI is InChI=1S/C22H38O6S9/c23-17-32-11-15-36-21(27)3-7-29-5-1-19(25)34-13-9-31-10-14-35-20(26)2-6-30-8-4-22(28)37-16-12-33-18-24/h23-24H,1-18H2. The van der Waals surface area contributed by atoms with Crippen LogP contribution in [0.2, 0.25) is 0 Å². The minimum absolute atomic E-state index is 0.0929. The third-order valence-electron chi connectivity index (χ3n) is 3.95. The van der Waals surface area contributed by atoms with Crippen molar-refractivity contribution in [3.05, 3.63) is 0 Å². The summed E-state index contributed by atoms with van der Waals surface area (Å²) >= 11 is 13.2. The molecular weight excluding hydrogens is 649 g/mol. The summed E-state index contributed by atoms with van der Waals surface area (Å²) in [6.07, 6.45) is 2.08. The Bertz CT molecular complexity index is 563. The molecule has 0 aromatic rings. The van der Waals surface area contributed by atoms with Gasteiger partial charge in [-0.3, -0.25) is 19.2 Å². The first kappa shape index (κ1) is 38.8. The number of hydrogen-bond donors (Lipinski definition) is 2. The lowest BCUT2D eigenvalue weighted by Gasteiger charge is -2.04. The second-order valence-electron chi connectivity index (χ2n) is 6.79. The molecule has 2 N–H and O–H groups in total. The van der Waals surface area contributed by atoms with Crippen LogP contribution in [0.15, 0.2) is 0 Å². The molecule has 216 valence electrons. The number of carbonyl (C=O) groups is 4. The molecule has 0 unspecified atom stereocenters. The lowest BCUT2D eigenvalue weighted by molar-refractivity contribution is -0.111. The van der Waals surface area contributed by atoms with E-state index in [4.69, 9.17) is 10.2 Å². The van der Waals surface area contributed by atoms with Crippen molar-refractivity contribution in [3.63, 3.8) is 0 Å². The summed E-state index contributed by atoms with van der Waals surface area (Å²) in [5.74, 6) is 9.51. The van der Waals surface area contributed by atoms with Gasteiger partial charge in [0.15, 0.2) is 20.5 Å². The fourth-order valence-electron chi connectivity index (χ4n) is 2.20. The van der Waals surface area contributed by atoms with Crippen LogP contribution in [-0.4, -0.2) is 112 Å². The molecule has 15 heteroatoms. The molecule has 0 aromatic carbocycles. The van der Waals surface area contributed by atoms with Crippen molar-refractivity contribution in [2.45, 2.75) is 25.7 Å². The third kappa shape index (κ3) is 30.5. The highest BCUT2D eigenvalue weighted by molar-refractivity contribution is 8.16. The minimum atomic E-state index is 0.0929. The normalized spacial score (nSPS) is 11.1. The fraction of sp³-hybridized carbons (Fsp3) is 0.818. The molecule has 0 fully saturated rings. The van der Waals surface area contributed by atoms with Crippen molar-refractivity contribution >= 4 is 126 Å². The Balaban J connectivity index is 3.41. The van der Waals surface area contributed by atoms with Crippen LogP contribution in [-0.2, 0) is 19.2 Å². The van der Waals surface area contributed by atoms with Crippen molar-refractivity contribution < 1.29 is 29.4 Å². The van der Waals surface area contributed by atoms with Gasteiger partial charge in [0.05, 0.1) is 11.9 Å². The first-order valence-corrected chi connectivity index (χ1v) is 21.4. The van der Waals surface area contributed by atoms with E-state index >= 15 is 0 Å². The molecule has 0 bridgehead atoms. The first-order chi connectivity index (χ1) is 18.0. The van der Waals surface area contributed by atoms with Gasteiger partial charge in [-0.25, -0.2) is 0 Å². The zero-order valence-corrected chi connectivity index (χ0v) is 28.3. The Morgan fingerprint density at radius 2 is 0.595 bits per heavy atom. The van der Waals surface area contributed by atoms with Crippen molar-refractivity contribution in [2.75, 3.05) is 80.9 Å². The maximum atomic E-state index is 11.9. The molecule has 0 spiro atoms. The van der Waals surface area contributed by atoms with Crippen molar-refractivity contribution in [3.8, 4) is 0 Å². The van der Waals surface area contributed by atoms with E-state index in [-0.39, 0.29) is 32.3 Å². The Kier molecular flexibility index (Phi) is 32.2. The van der Waals surface area contributed by atoms with E-state index in [2.05, 4.69) is 0 Å². The number of aliphatic hydroxyl groups is 2. The summed E-state index contributed by atoms with van der Waals surface area (Å²) in [5, 5.41) is 18.1. The van der Waals surface area contributed by atoms with Gasteiger partial charge in [-0.15, -0.1) is 23.5 Å². The number of hydrogen-bond acceptors (Lipinski definition) is 15. The van der Waals surface area contributed by atoms with E-state index in [0.29, 0.717) is 25.7 Å². The van der Waals surface area contributed by atoms with E-state index in [0.717, 1.165) is 69.0 Å².